The number of thiazole rings is 1. The number of rotatable bonds is 10. The van der Waals surface area contributed by atoms with Gasteiger partial charge in [0.05, 0.1) is 41.8 Å². The zero-order chi connectivity index (χ0) is 29.9. The third-order valence-corrected chi connectivity index (χ3v) is 8.34. The molecular weight excluding hydrogens is 612 g/mol. The third kappa shape index (κ3) is 6.99. The average Bonchev–Trinajstić information content (AvgIpc) is 3.65. The van der Waals surface area contributed by atoms with E-state index in [0.717, 1.165) is 24.1 Å². The van der Waals surface area contributed by atoms with Gasteiger partial charge in [0.15, 0.2) is 18.5 Å². The molecule has 1 unspecified atom stereocenters. The van der Waals surface area contributed by atoms with E-state index in [4.69, 9.17) is 39.8 Å². The largest absolute Gasteiger partial charge is 0.467 e. The van der Waals surface area contributed by atoms with Crippen molar-refractivity contribution in [3.63, 3.8) is 0 Å². The lowest BCUT2D eigenvalue weighted by molar-refractivity contribution is -0.134. The molecule has 1 fully saturated rings. The van der Waals surface area contributed by atoms with Crippen LogP contribution in [0.1, 0.15) is 47.5 Å². The molecule has 0 bridgehead atoms. The summed E-state index contributed by atoms with van der Waals surface area (Å²) in [7, 11) is -0.956. The Hall–Kier alpha value is -3.76. The van der Waals surface area contributed by atoms with E-state index in [0.29, 0.717) is 41.5 Å². The predicted molar refractivity (Wildman–Crippen MR) is 151 cm³/mol. The number of carbonyl (C=O) groups excluding carboxylic acids is 1. The summed E-state index contributed by atoms with van der Waals surface area (Å²) in [5.74, 6) is 0.0987. The Labute approximate surface area is 250 Å². The highest BCUT2D eigenvalue weighted by Gasteiger charge is 2.32. The fourth-order valence-electron chi connectivity index (χ4n) is 4.52. The zero-order valence-electron chi connectivity index (χ0n) is 22.9. The summed E-state index contributed by atoms with van der Waals surface area (Å²) in [6.45, 7) is 0.868. The number of hydrogen-bond acceptors (Lipinski definition) is 14. The minimum Gasteiger partial charge on any atom is -0.467 e. The number of oxime groups is 1. The van der Waals surface area contributed by atoms with Gasteiger partial charge < -0.3 is 28.1 Å². The molecule has 17 heteroatoms. The number of halogens is 1. The van der Waals surface area contributed by atoms with E-state index in [1.165, 1.54) is 31.6 Å². The fourth-order valence-corrected chi connectivity index (χ4v) is 6.28. The molecule has 224 valence electrons. The van der Waals surface area contributed by atoms with Crippen molar-refractivity contribution in [3.05, 3.63) is 44.9 Å². The van der Waals surface area contributed by atoms with Crippen molar-refractivity contribution in [1.82, 2.24) is 24.8 Å². The van der Waals surface area contributed by atoms with Gasteiger partial charge in [0.25, 0.3) is 5.91 Å². The van der Waals surface area contributed by atoms with Crippen LogP contribution in [-0.2, 0) is 19.8 Å². The number of hydrogen-bond donors (Lipinski definition) is 0. The average molecular weight is 639 g/mol. The van der Waals surface area contributed by atoms with E-state index < -0.39 is 16.2 Å². The van der Waals surface area contributed by atoms with E-state index >= 15 is 0 Å². The maximum absolute atomic E-state index is 12.7. The third-order valence-electron chi connectivity index (χ3n) is 6.52. The smallest absolute Gasteiger partial charge is 0.326 e. The molecule has 2 aliphatic heterocycles. The number of piperidine rings is 1. The summed E-state index contributed by atoms with van der Waals surface area (Å²) in [5.41, 5.74) is 1.72. The molecule has 2 aromatic heterocycles. The molecule has 5 rings (SSSR count). The van der Waals surface area contributed by atoms with E-state index in [-0.39, 0.29) is 42.2 Å². The van der Waals surface area contributed by atoms with Crippen LogP contribution in [0.2, 0.25) is 5.02 Å². The van der Waals surface area contributed by atoms with Gasteiger partial charge >= 0.3 is 28.1 Å². The van der Waals surface area contributed by atoms with Gasteiger partial charge in [-0.05, 0) is 25.0 Å². The normalized spacial score (nSPS) is 17.4. The summed E-state index contributed by atoms with van der Waals surface area (Å²) in [5, 5.41) is 7.39. The second-order valence-electron chi connectivity index (χ2n) is 9.38. The van der Waals surface area contributed by atoms with Crippen molar-refractivity contribution in [1.29, 1.82) is 0 Å². The molecule has 42 heavy (non-hydrogen) atoms. The van der Waals surface area contributed by atoms with Gasteiger partial charge in [-0.25, -0.2) is 4.98 Å². The predicted octanol–water partition coefficient (Wildman–Crippen LogP) is 2.99. The first kappa shape index (κ1) is 29.7. The quantitative estimate of drug-likeness (QED) is 0.299. The van der Waals surface area contributed by atoms with Crippen LogP contribution < -0.4 is 18.4 Å². The van der Waals surface area contributed by atoms with Gasteiger partial charge in [0.1, 0.15) is 5.71 Å². The minimum atomic E-state index is -3.76. The molecule has 1 atom stereocenters. The number of likely N-dealkylation sites (tertiary alicyclic amines) is 1. The molecule has 0 saturated carbocycles. The Kier molecular flexibility index (Phi) is 8.93. The molecule has 1 saturated heterocycles. The highest BCUT2D eigenvalue weighted by atomic mass is 35.5. The van der Waals surface area contributed by atoms with Crippen LogP contribution in [0.5, 0.6) is 23.8 Å². The number of carbonyl (C=O) groups is 1. The zero-order valence-corrected chi connectivity index (χ0v) is 25.2. The van der Waals surface area contributed by atoms with Crippen molar-refractivity contribution < 1.29 is 36.4 Å². The van der Waals surface area contributed by atoms with Gasteiger partial charge in [-0.3, -0.25) is 4.79 Å². The summed E-state index contributed by atoms with van der Waals surface area (Å²) in [6, 6.07) is 4.74. The molecular formula is C25H27ClN6O8S2. The van der Waals surface area contributed by atoms with Crippen molar-refractivity contribution in [3.8, 4) is 23.8 Å². The van der Waals surface area contributed by atoms with E-state index in [1.54, 1.807) is 17.0 Å². The molecule has 3 aromatic rings. The molecule has 0 N–H and O–H groups in total. The van der Waals surface area contributed by atoms with E-state index in [2.05, 4.69) is 20.1 Å². The Bertz CT molecular complexity index is 1570. The second kappa shape index (κ2) is 12.6. The van der Waals surface area contributed by atoms with Crippen LogP contribution in [0, 0.1) is 0 Å². The van der Waals surface area contributed by atoms with Crippen molar-refractivity contribution in [2.75, 3.05) is 40.2 Å². The van der Waals surface area contributed by atoms with Crippen LogP contribution in [0.4, 0.5) is 0 Å². The molecule has 4 heterocycles. The molecule has 0 spiro atoms. The Balaban J connectivity index is 1.15. The molecule has 2 aliphatic rings. The highest BCUT2D eigenvalue weighted by molar-refractivity contribution is 7.86. The lowest BCUT2D eigenvalue weighted by Crippen LogP contribution is -2.40. The molecule has 0 radical (unpaired) electrons. The number of amides is 1. The van der Waals surface area contributed by atoms with Crippen molar-refractivity contribution in [2.24, 2.45) is 5.16 Å². The lowest BCUT2D eigenvalue weighted by atomic mass is 9.97. The Morgan fingerprint density at radius 1 is 1.10 bits per heavy atom. The maximum atomic E-state index is 12.7. The summed E-state index contributed by atoms with van der Waals surface area (Å²) in [6.07, 6.45) is 2.17. The first-order valence-corrected chi connectivity index (χ1v) is 15.8. The summed E-state index contributed by atoms with van der Waals surface area (Å²) in [4.78, 5) is 36.7. The van der Waals surface area contributed by atoms with E-state index in [9.17, 15) is 13.2 Å². The Morgan fingerprint density at radius 2 is 1.79 bits per heavy atom. The van der Waals surface area contributed by atoms with Crippen molar-refractivity contribution in [2.45, 2.75) is 31.3 Å². The monoisotopic (exact) mass is 638 g/mol. The SMILES string of the molecule is COc1nc(OC)nc(OCC(=O)N2CCC(c3nc(C4=NOC(c5c(Cl)cccc5OS(C)(=O)=O)C4)cs3)CC2)n1. The molecule has 14 nitrogen and oxygen atoms in total. The number of ether oxygens (including phenoxy) is 3. The number of methoxy groups -OCH3 is 2. The van der Waals surface area contributed by atoms with Gasteiger partial charge in [-0.2, -0.15) is 8.42 Å². The molecule has 1 aromatic carbocycles. The van der Waals surface area contributed by atoms with Gasteiger partial charge in [-0.1, -0.05) is 22.8 Å². The first-order chi connectivity index (χ1) is 20.1. The second-order valence-corrected chi connectivity index (χ2v) is 12.3. The first-order valence-electron chi connectivity index (χ1n) is 12.7. The topological polar surface area (TPSA) is 165 Å². The van der Waals surface area contributed by atoms with Crippen LogP contribution in [-0.4, -0.2) is 85.0 Å². The van der Waals surface area contributed by atoms with Crippen LogP contribution in [0.25, 0.3) is 0 Å². The van der Waals surface area contributed by atoms with Gasteiger partial charge in [0, 0.05) is 30.8 Å². The van der Waals surface area contributed by atoms with E-state index in [1.807, 2.05) is 5.38 Å². The van der Waals surface area contributed by atoms with Crippen LogP contribution in [0.15, 0.2) is 28.7 Å². The summed E-state index contributed by atoms with van der Waals surface area (Å²) < 4.78 is 44.0. The van der Waals surface area contributed by atoms with Gasteiger partial charge in [-0.15, -0.1) is 26.3 Å². The Morgan fingerprint density at radius 3 is 2.45 bits per heavy atom. The van der Waals surface area contributed by atoms with Crippen molar-refractivity contribution >= 4 is 44.7 Å². The summed E-state index contributed by atoms with van der Waals surface area (Å²) >= 11 is 7.90. The number of nitrogens with zero attached hydrogens (tertiary/aromatic N) is 6. The van der Waals surface area contributed by atoms with Crippen LogP contribution >= 0.6 is 22.9 Å². The van der Waals surface area contributed by atoms with Crippen LogP contribution in [0.3, 0.4) is 0 Å². The molecule has 0 aliphatic carbocycles. The number of aromatic nitrogens is 4. The lowest BCUT2D eigenvalue weighted by Gasteiger charge is -2.31. The number of benzene rings is 1. The maximum Gasteiger partial charge on any atom is 0.326 e. The standard InChI is InChI=1S/C25H27ClN6O8S2/c1-36-23-28-24(37-2)30-25(29-23)38-12-20(33)32-9-7-14(8-10-32)22-27-17(13-41-22)16-11-19(39-31-16)21-15(26)5-4-6-18(21)40-42(3,34)35/h4-6,13-14,19H,7-12H2,1-3H3. The molecule has 1 amide bonds. The highest BCUT2D eigenvalue weighted by Crippen LogP contribution is 2.40. The van der Waals surface area contributed by atoms with Gasteiger partial charge in [0.2, 0.25) is 0 Å². The minimum absolute atomic E-state index is 0.0214. The fraction of sp³-hybridized carbons (Fsp3) is 0.440.